The highest BCUT2D eigenvalue weighted by Gasteiger charge is 2.19. The average Bonchev–Trinajstić information content (AvgIpc) is 2.19. The Morgan fingerprint density at radius 2 is 2.06 bits per heavy atom. The molecule has 0 aliphatic rings. The summed E-state index contributed by atoms with van der Waals surface area (Å²) < 4.78 is 0. The summed E-state index contributed by atoms with van der Waals surface area (Å²) in [7, 11) is 4.88. The Hall–Kier alpha value is -1.20. The maximum atomic E-state index is 10.9. The molecule has 1 aromatic rings. The number of carbonyl (C=O) groups is 2. The van der Waals surface area contributed by atoms with E-state index in [-0.39, 0.29) is 6.42 Å². The zero-order valence-electron chi connectivity index (χ0n) is 8.61. The molecule has 0 fully saturated rings. The van der Waals surface area contributed by atoms with Crippen LogP contribution in [-0.2, 0) is 11.2 Å². The third kappa shape index (κ3) is 4.28. The lowest BCUT2D eigenvalue weighted by Crippen LogP contribution is -2.41. The molecule has 2 radical (unpaired) electrons. The molecule has 0 aliphatic heterocycles. The Morgan fingerprint density at radius 1 is 1.41 bits per heavy atom. The highest BCUT2D eigenvalue weighted by molar-refractivity contribution is 6.57. The number of carboxylic acids is 1. The van der Waals surface area contributed by atoms with E-state index in [0.717, 1.165) is 0 Å². The zero-order valence-corrected chi connectivity index (χ0v) is 10.1. The first kappa shape index (κ1) is 13.9. The van der Waals surface area contributed by atoms with Crippen LogP contribution in [-0.4, -0.2) is 30.8 Å². The van der Waals surface area contributed by atoms with Crippen molar-refractivity contribution in [2.75, 3.05) is 0 Å². The lowest BCUT2D eigenvalue weighted by molar-refractivity contribution is -0.139. The van der Waals surface area contributed by atoms with Crippen molar-refractivity contribution < 1.29 is 14.7 Å². The fourth-order valence-electron chi connectivity index (χ4n) is 1.28. The standard InChI is InChI=1S/C10H8BCl2NO3/c11-10(17)14-8(9(15)16)3-5-1-2-6(12)4-7(5)13/h1-2,4,8H,3H2,(H,14,17)(H,15,16)/t8-/m1/s1. The lowest BCUT2D eigenvalue weighted by atomic mass is 10.0. The number of nitrogens with one attached hydrogen (secondary N) is 1. The number of carbonyl (C=O) groups excluding carboxylic acids is 1. The summed E-state index contributed by atoms with van der Waals surface area (Å²) in [6.45, 7) is 0. The van der Waals surface area contributed by atoms with Gasteiger partial charge in [-0.05, 0) is 17.7 Å². The molecule has 88 valence electrons. The van der Waals surface area contributed by atoms with Crippen LogP contribution in [0.4, 0.5) is 4.79 Å². The number of rotatable bonds is 4. The number of benzene rings is 1. The number of carboxylic acid groups (broad SMARTS) is 1. The molecule has 0 bridgehead atoms. The lowest BCUT2D eigenvalue weighted by Gasteiger charge is -2.14. The van der Waals surface area contributed by atoms with Gasteiger partial charge in [0, 0.05) is 16.5 Å². The van der Waals surface area contributed by atoms with Crippen LogP contribution >= 0.6 is 23.2 Å². The first-order valence-electron chi connectivity index (χ1n) is 4.63. The molecule has 1 atom stereocenters. The number of amides is 1. The molecule has 17 heavy (non-hydrogen) atoms. The minimum absolute atomic E-state index is 0.0360. The SMILES string of the molecule is [B]C(=O)N[C@H](Cc1ccc(Cl)cc1Cl)C(=O)O. The van der Waals surface area contributed by atoms with Gasteiger partial charge in [0.1, 0.15) is 6.04 Å². The molecule has 0 saturated heterocycles. The number of halogens is 2. The highest BCUT2D eigenvalue weighted by Crippen LogP contribution is 2.22. The van der Waals surface area contributed by atoms with Crippen molar-refractivity contribution in [3.8, 4) is 0 Å². The normalized spacial score (nSPS) is 11.9. The molecule has 4 nitrogen and oxygen atoms in total. The molecule has 1 rings (SSSR count). The molecule has 0 heterocycles. The second-order valence-corrected chi connectivity index (χ2v) is 4.18. The van der Waals surface area contributed by atoms with E-state index in [9.17, 15) is 9.59 Å². The molecule has 1 amide bonds. The van der Waals surface area contributed by atoms with Crippen LogP contribution in [0.15, 0.2) is 18.2 Å². The molecule has 1 aromatic carbocycles. The third-order valence-electron chi connectivity index (χ3n) is 2.05. The van der Waals surface area contributed by atoms with Crippen molar-refractivity contribution in [2.45, 2.75) is 12.5 Å². The van der Waals surface area contributed by atoms with E-state index in [1.807, 2.05) is 0 Å². The first-order valence-corrected chi connectivity index (χ1v) is 5.38. The van der Waals surface area contributed by atoms with Gasteiger partial charge in [0.15, 0.2) is 5.81 Å². The van der Waals surface area contributed by atoms with Crippen LogP contribution < -0.4 is 5.32 Å². The van der Waals surface area contributed by atoms with E-state index in [1.54, 1.807) is 12.1 Å². The molecule has 0 unspecified atom stereocenters. The molecular formula is C10H8BCl2NO3. The van der Waals surface area contributed by atoms with Crippen molar-refractivity contribution in [2.24, 2.45) is 0 Å². The summed E-state index contributed by atoms with van der Waals surface area (Å²) in [5.74, 6) is -2.09. The van der Waals surface area contributed by atoms with Crippen LogP contribution in [0.25, 0.3) is 0 Å². The van der Waals surface area contributed by atoms with E-state index < -0.39 is 17.8 Å². The summed E-state index contributed by atoms with van der Waals surface area (Å²) in [4.78, 5) is 21.5. The van der Waals surface area contributed by atoms with Gasteiger partial charge in [-0.15, -0.1) is 0 Å². The minimum Gasteiger partial charge on any atom is -0.480 e. The molecule has 7 heteroatoms. The third-order valence-corrected chi connectivity index (χ3v) is 2.64. The topological polar surface area (TPSA) is 66.4 Å². The average molecular weight is 272 g/mol. The Labute approximate surface area is 109 Å². The molecular weight excluding hydrogens is 264 g/mol. The van der Waals surface area contributed by atoms with Gasteiger partial charge < -0.3 is 10.4 Å². The fourth-order valence-corrected chi connectivity index (χ4v) is 1.76. The Balaban J connectivity index is 2.86. The van der Waals surface area contributed by atoms with Crippen LogP contribution in [0.3, 0.4) is 0 Å². The second-order valence-electron chi connectivity index (χ2n) is 3.34. The van der Waals surface area contributed by atoms with Gasteiger partial charge >= 0.3 is 5.97 Å². The monoisotopic (exact) mass is 271 g/mol. The summed E-state index contributed by atoms with van der Waals surface area (Å²) in [6, 6.07) is 3.57. The summed E-state index contributed by atoms with van der Waals surface area (Å²) >= 11 is 11.6. The van der Waals surface area contributed by atoms with Gasteiger partial charge in [-0.2, -0.15) is 0 Å². The van der Waals surface area contributed by atoms with Gasteiger partial charge in [-0.25, -0.2) is 4.79 Å². The van der Waals surface area contributed by atoms with E-state index in [0.29, 0.717) is 15.6 Å². The van der Waals surface area contributed by atoms with Crippen LogP contribution in [0, 0.1) is 0 Å². The highest BCUT2D eigenvalue weighted by atomic mass is 35.5. The van der Waals surface area contributed by atoms with Crippen molar-refractivity contribution in [3.63, 3.8) is 0 Å². The van der Waals surface area contributed by atoms with Gasteiger partial charge in [0.05, 0.1) is 0 Å². The van der Waals surface area contributed by atoms with Crippen LogP contribution in [0.1, 0.15) is 5.56 Å². The maximum absolute atomic E-state index is 10.9. The van der Waals surface area contributed by atoms with E-state index in [4.69, 9.17) is 36.2 Å². The molecule has 0 saturated carbocycles. The van der Waals surface area contributed by atoms with Gasteiger partial charge in [0.25, 0.3) is 0 Å². The molecule has 0 aromatic heterocycles. The smallest absolute Gasteiger partial charge is 0.326 e. The quantitative estimate of drug-likeness (QED) is 0.822. The Morgan fingerprint density at radius 3 is 2.53 bits per heavy atom. The molecule has 0 aliphatic carbocycles. The summed E-state index contributed by atoms with van der Waals surface area (Å²) in [5, 5.41) is 11.8. The predicted octanol–water partition coefficient (Wildman–Crippen LogP) is 1.87. The Bertz CT molecular complexity index is 453. The van der Waals surface area contributed by atoms with Crippen LogP contribution in [0.2, 0.25) is 10.0 Å². The largest absolute Gasteiger partial charge is 0.480 e. The zero-order chi connectivity index (χ0) is 13.0. The minimum atomic E-state index is -1.19. The molecule has 0 spiro atoms. The number of hydrogen-bond acceptors (Lipinski definition) is 2. The van der Waals surface area contributed by atoms with Gasteiger partial charge in [0.2, 0.25) is 7.85 Å². The maximum Gasteiger partial charge on any atom is 0.326 e. The number of aliphatic carboxylic acids is 1. The Kier molecular flexibility index (Phi) is 4.84. The van der Waals surface area contributed by atoms with Crippen molar-refractivity contribution in [3.05, 3.63) is 33.8 Å². The predicted molar refractivity (Wildman–Crippen MR) is 65.9 cm³/mol. The van der Waals surface area contributed by atoms with Crippen molar-refractivity contribution in [1.82, 2.24) is 5.32 Å². The van der Waals surface area contributed by atoms with Crippen molar-refractivity contribution >= 4 is 42.8 Å². The van der Waals surface area contributed by atoms with E-state index in [1.165, 1.54) is 6.07 Å². The first-order chi connectivity index (χ1) is 7.90. The molecule has 2 N–H and O–H groups in total. The summed E-state index contributed by atoms with van der Waals surface area (Å²) in [5.41, 5.74) is 0.567. The van der Waals surface area contributed by atoms with Gasteiger partial charge in [-0.1, -0.05) is 29.3 Å². The van der Waals surface area contributed by atoms with Gasteiger partial charge in [-0.3, -0.25) is 4.79 Å². The van der Waals surface area contributed by atoms with Crippen molar-refractivity contribution in [1.29, 1.82) is 0 Å². The van der Waals surface area contributed by atoms with E-state index in [2.05, 4.69) is 5.32 Å². The van der Waals surface area contributed by atoms with E-state index >= 15 is 0 Å². The second kappa shape index (κ2) is 5.93. The summed E-state index contributed by atoms with van der Waals surface area (Å²) in [6.07, 6.45) is 0.0360. The fraction of sp³-hybridized carbons (Fsp3) is 0.200. The van der Waals surface area contributed by atoms with Crippen LogP contribution in [0.5, 0.6) is 0 Å². The number of hydrogen-bond donors (Lipinski definition) is 2.